The first-order valence-corrected chi connectivity index (χ1v) is 8.41. The second-order valence-corrected chi connectivity index (χ2v) is 6.39. The van der Waals surface area contributed by atoms with Gasteiger partial charge in [0.15, 0.2) is 0 Å². The number of anilines is 2. The van der Waals surface area contributed by atoms with Crippen LogP contribution in [0, 0.1) is 5.92 Å². The first-order valence-electron chi connectivity index (χ1n) is 8.41. The average Bonchev–Trinajstić information content (AvgIpc) is 3.07. The van der Waals surface area contributed by atoms with E-state index in [0.717, 1.165) is 12.8 Å². The van der Waals surface area contributed by atoms with E-state index in [4.69, 9.17) is 5.73 Å². The number of nitrogens with two attached hydrogens (primary N) is 1. The van der Waals surface area contributed by atoms with Crippen LogP contribution in [0.15, 0.2) is 29.3 Å². The molecule has 2 aromatic heterocycles. The van der Waals surface area contributed by atoms with Crippen LogP contribution >= 0.6 is 0 Å². The Balaban J connectivity index is 1.50. The molecule has 0 aromatic carbocycles. The van der Waals surface area contributed by atoms with Crippen LogP contribution in [0.4, 0.5) is 11.8 Å². The molecular formula is C16H23N7O2. The molecule has 0 bridgehead atoms. The third-order valence-corrected chi connectivity index (χ3v) is 4.38. The van der Waals surface area contributed by atoms with Gasteiger partial charge in [-0.2, -0.15) is 10.1 Å². The average molecular weight is 345 g/mol. The zero-order chi connectivity index (χ0) is 17.8. The first kappa shape index (κ1) is 17.0. The summed E-state index contributed by atoms with van der Waals surface area (Å²) in [5.41, 5.74) is 5.33. The molecule has 3 heterocycles. The fourth-order valence-electron chi connectivity index (χ4n) is 2.99. The monoisotopic (exact) mass is 345 g/mol. The van der Waals surface area contributed by atoms with Gasteiger partial charge >= 0.3 is 0 Å². The van der Waals surface area contributed by atoms with E-state index in [1.165, 1.54) is 6.07 Å². The molecule has 0 saturated carbocycles. The maximum atomic E-state index is 12.3. The number of carbonyl (C=O) groups excluding carboxylic acids is 1. The van der Waals surface area contributed by atoms with Crippen LogP contribution in [0.2, 0.25) is 0 Å². The molecule has 0 spiro atoms. The van der Waals surface area contributed by atoms with Gasteiger partial charge in [0.05, 0.1) is 12.5 Å². The quantitative estimate of drug-likeness (QED) is 0.699. The molecule has 1 atom stereocenters. The van der Waals surface area contributed by atoms with E-state index >= 15 is 0 Å². The van der Waals surface area contributed by atoms with Gasteiger partial charge in [-0.05, 0) is 18.9 Å². The van der Waals surface area contributed by atoms with E-state index in [9.17, 15) is 9.59 Å². The van der Waals surface area contributed by atoms with Gasteiger partial charge in [0.2, 0.25) is 11.9 Å². The van der Waals surface area contributed by atoms with Crippen LogP contribution in [0.5, 0.6) is 0 Å². The van der Waals surface area contributed by atoms with Gasteiger partial charge in [-0.25, -0.2) is 0 Å². The van der Waals surface area contributed by atoms with E-state index in [1.54, 1.807) is 10.9 Å². The molecule has 2 aromatic rings. The summed E-state index contributed by atoms with van der Waals surface area (Å²) in [5, 5.41) is 7.23. The normalized spacial score (nSPS) is 16.6. The highest BCUT2D eigenvalue weighted by atomic mass is 16.2. The van der Waals surface area contributed by atoms with Crippen molar-refractivity contribution in [2.24, 2.45) is 5.92 Å². The van der Waals surface area contributed by atoms with Gasteiger partial charge in [-0.1, -0.05) is 6.92 Å². The van der Waals surface area contributed by atoms with E-state index in [0.29, 0.717) is 25.5 Å². The number of carbonyl (C=O) groups is 1. The Morgan fingerprint density at radius 3 is 2.88 bits per heavy atom. The number of nitrogens with zero attached hydrogens (tertiary/aromatic N) is 4. The summed E-state index contributed by atoms with van der Waals surface area (Å²) in [6.07, 6.45) is 5.15. The molecule has 0 aliphatic carbocycles. The minimum Gasteiger partial charge on any atom is -0.369 e. The topological polar surface area (TPSA) is 122 Å². The van der Waals surface area contributed by atoms with Crippen LogP contribution in [0.1, 0.15) is 19.8 Å². The number of piperidine rings is 1. The van der Waals surface area contributed by atoms with Gasteiger partial charge < -0.3 is 16.0 Å². The minimum absolute atomic E-state index is 0.0347. The molecular weight excluding hydrogens is 322 g/mol. The Morgan fingerprint density at radius 1 is 1.48 bits per heavy atom. The summed E-state index contributed by atoms with van der Waals surface area (Å²) < 4.78 is 1.76. The summed E-state index contributed by atoms with van der Waals surface area (Å²) in [5.74, 6) is 0.586. The zero-order valence-electron chi connectivity index (χ0n) is 14.2. The number of H-pyrrole nitrogens is 1. The predicted octanol–water partition coefficient (Wildman–Crippen LogP) is -0.0301. The fraction of sp³-hybridized carbons (Fsp3) is 0.500. The number of aromatic nitrogens is 4. The summed E-state index contributed by atoms with van der Waals surface area (Å²) in [6, 6.07) is 3.42. The second-order valence-electron chi connectivity index (χ2n) is 6.39. The number of nitrogen functional groups attached to an aromatic ring is 1. The van der Waals surface area contributed by atoms with Crippen molar-refractivity contribution in [2.75, 3.05) is 23.7 Å². The number of nitrogens with one attached hydrogen (secondary N) is 2. The Bertz CT molecular complexity index is 763. The highest BCUT2D eigenvalue weighted by Gasteiger charge is 2.24. The summed E-state index contributed by atoms with van der Waals surface area (Å²) in [7, 11) is 0. The molecule has 3 rings (SSSR count). The van der Waals surface area contributed by atoms with Crippen molar-refractivity contribution in [3.8, 4) is 0 Å². The van der Waals surface area contributed by atoms with Gasteiger partial charge in [0.1, 0.15) is 5.82 Å². The van der Waals surface area contributed by atoms with Crippen LogP contribution in [-0.4, -0.2) is 44.8 Å². The van der Waals surface area contributed by atoms with E-state index < -0.39 is 0 Å². The lowest BCUT2D eigenvalue weighted by molar-refractivity contribution is -0.125. The van der Waals surface area contributed by atoms with Crippen molar-refractivity contribution in [1.29, 1.82) is 0 Å². The fourth-order valence-corrected chi connectivity index (χ4v) is 2.99. The first-order chi connectivity index (χ1) is 12.0. The molecule has 9 nitrogen and oxygen atoms in total. The summed E-state index contributed by atoms with van der Waals surface area (Å²) in [6.45, 7) is 3.89. The van der Waals surface area contributed by atoms with E-state index in [-0.39, 0.29) is 29.4 Å². The Morgan fingerprint density at radius 2 is 2.24 bits per heavy atom. The lowest BCUT2D eigenvalue weighted by Gasteiger charge is -2.33. The summed E-state index contributed by atoms with van der Waals surface area (Å²) in [4.78, 5) is 32.5. The second kappa shape index (κ2) is 7.37. The molecule has 9 heteroatoms. The van der Waals surface area contributed by atoms with Crippen LogP contribution < -0.4 is 21.5 Å². The number of hydrogen-bond acceptors (Lipinski definition) is 6. The van der Waals surface area contributed by atoms with Crippen LogP contribution in [0.25, 0.3) is 0 Å². The maximum absolute atomic E-state index is 12.3. The van der Waals surface area contributed by atoms with Gasteiger partial charge in [0, 0.05) is 37.6 Å². The predicted molar refractivity (Wildman–Crippen MR) is 94.0 cm³/mol. The molecule has 25 heavy (non-hydrogen) atoms. The van der Waals surface area contributed by atoms with Crippen molar-refractivity contribution >= 4 is 17.7 Å². The molecule has 1 saturated heterocycles. The molecule has 1 amide bonds. The van der Waals surface area contributed by atoms with Crippen molar-refractivity contribution in [2.45, 2.75) is 32.4 Å². The van der Waals surface area contributed by atoms with Crippen molar-refractivity contribution in [3.63, 3.8) is 0 Å². The summed E-state index contributed by atoms with van der Waals surface area (Å²) >= 11 is 0. The molecule has 4 N–H and O–H groups in total. The van der Waals surface area contributed by atoms with Crippen molar-refractivity contribution in [1.82, 2.24) is 25.1 Å². The lowest BCUT2D eigenvalue weighted by atomic mass is 10.0. The minimum atomic E-state index is -0.259. The molecule has 1 aliphatic heterocycles. The number of aromatic amines is 1. The maximum Gasteiger partial charge on any atom is 0.254 e. The largest absolute Gasteiger partial charge is 0.369 e. The van der Waals surface area contributed by atoms with Gasteiger partial charge in [0.25, 0.3) is 5.56 Å². The molecule has 134 valence electrons. The number of rotatable bonds is 5. The number of hydrogen-bond donors (Lipinski definition) is 3. The highest BCUT2D eigenvalue weighted by molar-refractivity contribution is 5.78. The Kier molecular flexibility index (Phi) is 5.01. The van der Waals surface area contributed by atoms with Crippen LogP contribution in [-0.2, 0) is 11.3 Å². The third-order valence-electron chi connectivity index (χ3n) is 4.38. The molecule has 1 aliphatic rings. The SMILES string of the molecule is CC(Cn1cccn1)C(=O)NC1CCN(c2cc(=O)[nH]c(N)n2)CC1. The van der Waals surface area contributed by atoms with E-state index in [1.807, 2.05) is 24.1 Å². The lowest BCUT2D eigenvalue weighted by Crippen LogP contribution is -2.47. The van der Waals surface area contributed by atoms with E-state index in [2.05, 4.69) is 20.4 Å². The molecule has 1 unspecified atom stereocenters. The highest BCUT2D eigenvalue weighted by Crippen LogP contribution is 2.17. The van der Waals surface area contributed by atoms with Crippen LogP contribution in [0.3, 0.4) is 0 Å². The number of amides is 1. The van der Waals surface area contributed by atoms with Gasteiger partial charge in [-0.3, -0.25) is 19.3 Å². The molecule has 1 fully saturated rings. The van der Waals surface area contributed by atoms with Crippen molar-refractivity contribution < 1.29 is 4.79 Å². The Hall–Kier alpha value is -2.84. The molecule has 0 radical (unpaired) electrons. The smallest absolute Gasteiger partial charge is 0.254 e. The van der Waals surface area contributed by atoms with Crippen molar-refractivity contribution in [3.05, 3.63) is 34.9 Å². The Labute approximate surface area is 145 Å². The standard InChI is InChI=1S/C16H23N7O2/c1-11(10-23-6-2-5-18-23)15(25)19-12-3-7-22(8-4-12)13-9-14(24)21-16(17)20-13/h2,5-6,9,11-12H,3-4,7-8,10H2,1H3,(H,19,25)(H3,17,20,21,24). The zero-order valence-corrected chi connectivity index (χ0v) is 14.2. The van der Waals surface area contributed by atoms with Gasteiger partial charge in [-0.15, -0.1) is 0 Å². The third kappa shape index (κ3) is 4.37.